The Bertz CT molecular complexity index is 8870. The van der Waals surface area contributed by atoms with E-state index in [1.165, 1.54) is 87.6 Å². The summed E-state index contributed by atoms with van der Waals surface area (Å²) >= 11 is 0. The number of nitrogens with zero attached hydrogens (tertiary/aromatic N) is 8. The molecule has 8 nitrogen and oxygen atoms in total. The minimum absolute atomic E-state index is 0.618. The number of nitriles is 2. The smallest absolute Gasteiger partial charge is 0.187 e. The van der Waals surface area contributed by atoms with Crippen molar-refractivity contribution in [2.75, 3.05) is 19.6 Å². The van der Waals surface area contributed by atoms with Gasteiger partial charge in [-0.2, -0.15) is 10.5 Å². The maximum absolute atomic E-state index is 9.72. The van der Waals surface area contributed by atoms with Crippen molar-refractivity contribution in [1.29, 1.82) is 10.5 Å². The zero-order chi connectivity index (χ0) is 101. The van der Waals surface area contributed by atoms with E-state index in [0.29, 0.717) is 22.5 Å². The van der Waals surface area contributed by atoms with Crippen LogP contribution in [-0.4, -0.2) is 0 Å². The number of benzene rings is 24. The molecule has 0 atom stereocenters. The van der Waals surface area contributed by atoms with E-state index in [-0.39, 0.29) is 0 Å². The normalized spacial score (nSPS) is 11.2. The van der Waals surface area contributed by atoms with Crippen LogP contribution in [0.15, 0.2) is 461 Å². The molecule has 0 saturated carbocycles. The molecule has 0 saturated heterocycles. The molecule has 0 heterocycles. The Morgan fingerprint density at radius 2 is 0.412 bits per heavy atom. The van der Waals surface area contributed by atoms with Crippen molar-refractivity contribution >= 4 is 144 Å². The second kappa shape index (κ2) is 39.1. The summed E-state index contributed by atoms with van der Waals surface area (Å²) < 4.78 is 0. The predicted molar refractivity (Wildman–Crippen MR) is 622 cm³/mol. The van der Waals surface area contributed by atoms with E-state index in [1.54, 1.807) is 0 Å². The predicted octanol–water partition coefficient (Wildman–Crippen LogP) is 39.7. The average molecular weight is 1890 g/mol. The highest BCUT2D eigenvalue weighted by Crippen LogP contribution is 2.55. The standard InChI is InChI=1S/2C70H50N4/c1-45-14-12-15-46(2)69(45)73(61-40-56(50-18-8-6-9-19-50)38-58(42-61)52-24-22-49(44-71)23-25-52)65-36-30-54-29-35-64-66(37-31-55-28-34-63(65)67(54)68(55)64)74(70-47(3)16-13-17-48(70)4)62-41-57(51-20-10-7-11-21-51)39-59(43-62)53-26-32-60(72-5)33-27-53;1-45-16-32-65(47(3)36-45)73(61-40-56(50-12-8-6-9-13-50)38-58(42-61)52-20-18-49(44-71)19-21-52)67-34-26-54-25-31-64-68(35-27-55-24-30-63(67)69(54)70(55)64)74(66-33-17-46(2)37-48(66)4)62-41-57(51-14-10-7-11-15-51)39-59(43-62)53-22-28-60(72-5)29-23-53/h2*6-43H,1-4H3. The summed E-state index contributed by atoms with van der Waals surface area (Å²) in [5, 5.41) is 33.6. The molecule has 700 valence electrons. The van der Waals surface area contributed by atoms with Gasteiger partial charge in [-0.15, -0.1) is 0 Å². The first-order chi connectivity index (χ1) is 72.4. The molecule has 24 aromatic rings. The molecule has 24 aromatic carbocycles. The molecule has 148 heavy (non-hydrogen) atoms. The van der Waals surface area contributed by atoms with E-state index in [9.17, 15) is 10.5 Å². The fourth-order valence-corrected chi connectivity index (χ4v) is 22.1. The van der Waals surface area contributed by atoms with Gasteiger partial charge in [-0.05, 0) is 354 Å². The highest BCUT2D eigenvalue weighted by molar-refractivity contribution is 6.30. The largest absolute Gasteiger partial charge is 0.310 e. The number of anilines is 12. The Labute approximate surface area is 864 Å². The van der Waals surface area contributed by atoms with E-state index in [1.807, 2.05) is 48.5 Å². The Hall–Kier alpha value is -19.5. The monoisotopic (exact) mass is 1890 g/mol. The minimum atomic E-state index is 0.618. The minimum Gasteiger partial charge on any atom is -0.310 e. The number of rotatable bonds is 20. The SMILES string of the molecule is [C-]#[N+]c1ccc(-c2cc(-c3ccccc3)cc(N(c3c(C)cccc3C)c3ccc4ccc5c(N(c6cc(-c7ccccc7)cc(-c7ccc(C#N)cc7)c6)c6c(C)cccc6C)ccc6ccc3c4c65)c2)cc1.[C-]#[N+]c1ccc(-c2cc(-c3ccccc3)cc(N(c3ccc(C)cc3C)c3ccc4ccc5c(N(c6cc(-c7ccccc7)cc(-c7ccc(C#N)cc7)c6)c6ccc(C)cc6C)ccc6ccc3c4c65)c2)cc1. The van der Waals surface area contributed by atoms with Gasteiger partial charge >= 0.3 is 0 Å². The first-order valence-electron chi connectivity index (χ1n) is 50.1. The van der Waals surface area contributed by atoms with Crippen LogP contribution < -0.4 is 19.6 Å². The summed E-state index contributed by atoms with van der Waals surface area (Å²) in [5.41, 5.74) is 42.3. The highest BCUT2D eigenvalue weighted by atomic mass is 15.2. The fourth-order valence-electron chi connectivity index (χ4n) is 22.1. The van der Waals surface area contributed by atoms with Crippen LogP contribution >= 0.6 is 0 Å². The topological polar surface area (TPSA) is 69.3 Å². The molecule has 0 aliphatic carbocycles. The Morgan fingerprint density at radius 3 is 0.655 bits per heavy atom. The van der Waals surface area contributed by atoms with Gasteiger partial charge < -0.3 is 19.6 Å². The quantitative estimate of drug-likeness (QED) is 0.0559. The second-order valence-electron chi connectivity index (χ2n) is 38.8. The molecule has 0 aromatic heterocycles. The highest BCUT2D eigenvalue weighted by Gasteiger charge is 2.30. The summed E-state index contributed by atoms with van der Waals surface area (Å²) in [7, 11) is 0. The van der Waals surface area contributed by atoms with Crippen molar-refractivity contribution in [2.24, 2.45) is 0 Å². The van der Waals surface area contributed by atoms with Gasteiger partial charge in [-0.1, -0.05) is 339 Å². The van der Waals surface area contributed by atoms with Crippen LogP contribution in [0.5, 0.6) is 0 Å². The zero-order valence-corrected chi connectivity index (χ0v) is 83.5. The van der Waals surface area contributed by atoms with Gasteiger partial charge in [0, 0.05) is 55.7 Å². The molecular weight excluding hydrogens is 1790 g/mol. The molecule has 0 N–H and O–H groups in total. The zero-order valence-electron chi connectivity index (χ0n) is 83.5. The molecule has 0 aliphatic heterocycles. The van der Waals surface area contributed by atoms with Crippen molar-refractivity contribution in [3.05, 3.63) is 540 Å². The number of hydrogen-bond donors (Lipinski definition) is 0. The Kier molecular flexibility index (Phi) is 24.4. The third-order valence-corrected chi connectivity index (χ3v) is 29.2. The summed E-state index contributed by atoms with van der Waals surface area (Å²) in [6.45, 7) is 32.9. The Balaban J connectivity index is 0.000000163. The lowest BCUT2D eigenvalue weighted by molar-refractivity contribution is 1.23. The van der Waals surface area contributed by atoms with Crippen molar-refractivity contribution in [3.8, 4) is 101 Å². The van der Waals surface area contributed by atoms with E-state index in [0.717, 1.165) is 179 Å². The summed E-state index contributed by atoms with van der Waals surface area (Å²) in [5.74, 6) is 0. The van der Waals surface area contributed by atoms with Gasteiger partial charge in [0.05, 0.1) is 70.5 Å². The van der Waals surface area contributed by atoms with Crippen LogP contribution in [0.2, 0.25) is 0 Å². The molecule has 0 amide bonds. The number of para-hydroxylation sites is 2. The third-order valence-electron chi connectivity index (χ3n) is 29.2. The first kappa shape index (κ1) is 92.2. The van der Waals surface area contributed by atoms with Crippen molar-refractivity contribution in [1.82, 2.24) is 0 Å². The lowest BCUT2D eigenvalue weighted by Crippen LogP contribution is -2.14. The van der Waals surface area contributed by atoms with Gasteiger partial charge in [0.2, 0.25) is 0 Å². The van der Waals surface area contributed by atoms with Crippen molar-refractivity contribution in [3.63, 3.8) is 0 Å². The molecule has 0 bridgehead atoms. The molecule has 0 fully saturated rings. The second-order valence-corrected chi connectivity index (χ2v) is 38.8. The van der Waals surface area contributed by atoms with Crippen LogP contribution in [0, 0.1) is 91.2 Å². The van der Waals surface area contributed by atoms with Crippen molar-refractivity contribution in [2.45, 2.75) is 55.4 Å². The summed E-state index contributed by atoms with van der Waals surface area (Å²) in [4.78, 5) is 17.2. The van der Waals surface area contributed by atoms with E-state index >= 15 is 0 Å². The van der Waals surface area contributed by atoms with Crippen LogP contribution in [0.3, 0.4) is 0 Å². The van der Waals surface area contributed by atoms with Gasteiger partial charge in [0.15, 0.2) is 11.4 Å². The third kappa shape index (κ3) is 17.4. The summed E-state index contributed by atoms with van der Waals surface area (Å²) in [6, 6.07) is 170. The van der Waals surface area contributed by atoms with Crippen LogP contribution in [0.1, 0.15) is 55.6 Å². The molecule has 0 unspecified atom stereocenters. The van der Waals surface area contributed by atoms with Gasteiger partial charge in [-0.25, -0.2) is 9.69 Å². The molecular formula is C140H100N8. The lowest BCUT2D eigenvalue weighted by atomic mass is 9.90. The molecule has 0 spiro atoms. The van der Waals surface area contributed by atoms with Crippen LogP contribution in [0.4, 0.5) is 79.6 Å². The average Bonchev–Trinajstić information content (AvgIpc) is 0.716. The van der Waals surface area contributed by atoms with Gasteiger partial charge in [0.25, 0.3) is 0 Å². The lowest BCUT2D eigenvalue weighted by Gasteiger charge is -2.32. The Morgan fingerprint density at radius 1 is 0.189 bits per heavy atom. The summed E-state index contributed by atoms with van der Waals surface area (Å²) in [6.07, 6.45) is 0. The van der Waals surface area contributed by atoms with E-state index in [2.05, 4.69) is 509 Å². The number of hydrogen-bond acceptors (Lipinski definition) is 6. The van der Waals surface area contributed by atoms with E-state index < -0.39 is 0 Å². The van der Waals surface area contributed by atoms with Crippen molar-refractivity contribution < 1.29 is 0 Å². The van der Waals surface area contributed by atoms with Gasteiger partial charge in [0.1, 0.15) is 0 Å². The molecule has 0 aliphatic rings. The van der Waals surface area contributed by atoms with Gasteiger partial charge in [-0.3, -0.25) is 0 Å². The maximum Gasteiger partial charge on any atom is 0.187 e. The molecule has 24 rings (SSSR count). The number of aryl methyl sites for hydroxylation is 8. The van der Waals surface area contributed by atoms with Crippen LogP contribution in [-0.2, 0) is 0 Å². The van der Waals surface area contributed by atoms with E-state index in [4.69, 9.17) is 13.1 Å². The first-order valence-corrected chi connectivity index (χ1v) is 50.1. The molecule has 8 heteroatoms. The maximum atomic E-state index is 9.72. The van der Waals surface area contributed by atoms with Crippen LogP contribution in [0.25, 0.3) is 163 Å². The molecule has 0 radical (unpaired) electrons. The fraction of sp³-hybridized carbons (Fsp3) is 0.0571.